The van der Waals surface area contributed by atoms with Crippen molar-refractivity contribution in [3.63, 3.8) is 0 Å². The van der Waals surface area contributed by atoms with E-state index in [1.165, 1.54) is 4.68 Å². The highest BCUT2D eigenvalue weighted by atomic mass is 28.4. The van der Waals surface area contributed by atoms with Gasteiger partial charge in [0.05, 0.1) is 12.6 Å². The first-order chi connectivity index (χ1) is 13.1. The summed E-state index contributed by atoms with van der Waals surface area (Å²) in [5, 5.41) is 7.20. The van der Waals surface area contributed by atoms with Crippen LogP contribution in [-0.4, -0.2) is 48.9 Å². The highest BCUT2D eigenvalue weighted by Crippen LogP contribution is 2.37. The Balaban J connectivity index is 3.06. The van der Waals surface area contributed by atoms with Gasteiger partial charge in [0.2, 0.25) is 5.88 Å². The molecule has 1 heterocycles. The molecule has 0 aliphatic carbocycles. The fraction of sp³-hybridized carbons (Fsp3) is 0.750. The number of ether oxygens (including phenoxy) is 2. The molecule has 0 fully saturated rings. The van der Waals surface area contributed by atoms with Crippen LogP contribution in [0.15, 0.2) is 6.07 Å². The molecule has 8 nitrogen and oxygen atoms in total. The predicted octanol–water partition coefficient (Wildman–Crippen LogP) is 4.53. The zero-order valence-corrected chi connectivity index (χ0v) is 20.5. The number of aromatic nitrogens is 2. The quantitative estimate of drug-likeness (QED) is 0.508. The Labute approximate surface area is 175 Å². The van der Waals surface area contributed by atoms with E-state index in [1.54, 1.807) is 33.8 Å². The van der Waals surface area contributed by atoms with Gasteiger partial charge in [0, 0.05) is 12.6 Å². The molecule has 0 saturated heterocycles. The minimum absolute atomic E-state index is 0.00917. The summed E-state index contributed by atoms with van der Waals surface area (Å²) < 4.78 is 18.2. The number of amides is 1. The Bertz CT molecular complexity index is 717. The summed E-state index contributed by atoms with van der Waals surface area (Å²) in [7, 11) is -2.12. The number of carbonyl (C=O) groups is 2. The summed E-state index contributed by atoms with van der Waals surface area (Å²) in [6.07, 6.45) is -0.521. The highest BCUT2D eigenvalue weighted by molar-refractivity contribution is 6.74. The van der Waals surface area contributed by atoms with Gasteiger partial charge in [-0.05, 0) is 52.8 Å². The molecule has 9 heteroatoms. The van der Waals surface area contributed by atoms with Crippen LogP contribution in [0.4, 0.5) is 4.79 Å². The van der Waals surface area contributed by atoms with E-state index >= 15 is 0 Å². The molecule has 0 aromatic carbocycles. The Morgan fingerprint density at radius 2 is 1.79 bits per heavy atom. The van der Waals surface area contributed by atoms with Crippen molar-refractivity contribution in [2.45, 2.75) is 85.2 Å². The van der Waals surface area contributed by atoms with Crippen LogP contribution in [0.1, 0.15) is 71.9 Å². The van der Waals surface area contributed by atoms with Crippen molar-refractivity contribution in [2.24, 2.45) is 0 Å². The minimum atomic E-state index is -2.12. The van der Waals surface area contributed by atoms with Crippen LogP contribution in [-0.2, 0) is 9.47 Å². The van der Waals surface area contributed by atoms with E-state index in [0.717, 1.165) is 0 Å². The van der Waals surface area contributed by atoms with Gasteiger partial charge < -0.3 is 19.2 Å². The van der Waals surface area contributed by atoms with E-state index in [9.17, 15) is 9.59 Å². The van der Waals surface area contributed by atoms with Gasteiger partial charge >= 0.3 is 12.1 Å². The normalized spacial score (nSPS) is 13.6. The number of carbonyl (C=O) groups excluding carboxylic acids is 2. The average Bonchev–Trinajstić information content (AvgIpc) is 2.93. The lowest BCUT2D eigenvalue weighted by atomic mass is 10.2. The van der Waals surface area contributed by atoms with Crippen LogP contribution in [0.25, 0.3) is 0 Å². The van der Waals surface area contributed by atoms with Crippen LogP contribution in [0.2, 0.25) is 18.1 Å². The SMILES string of the molecule is CCOC(=O)c1cc(O[Si](C)(C)C(C)(C)C)nn1C(C)CNC(=O)OC(C)(C)C. The van der Waals surface area contributed by atoms with Crippen molar-refractivity contribution < 1.29 is 23.5 Å². The molecule has 1 atom stereocenters. The lowest BCUT2D eigenvalue weighted by Gasteiger charge is -2.35. The summed E-state index contributed by atoms with van der Waals surface area (Å²) >= 11 is 0. The number of alkyl carbamates (subject to hydrolysis) is 1. The smallest absolute Gasteiger partial charge is 0.407 e. The standard InChI is InChI=1S/C20H37N3O5Si/c1-11-26-17(24)15-12-16(28-29(9,10)20(6,7)8)22-23(15)14(2)13-21-18(25)27-19(3,4)5/h12,14H,11,13H2,1-10H3,(H,21,25). The number of hydrogen-bond donors (Lipinski definition) is 1. The van der Waals surface area contributed by atoms with E-state index in [-0.39, 0.29) is 24.2 Å². The maximum Gasteiger partial charge on any atom is 0.407 e. The molecule has 1 amide bonds. The monoisotopic (exact) mass is 427 g/mol. The third-order valence-electron chi connectivity index (χ3n) is 4.72. The van der Waals surface area contributed by atoms with Crippen molar-refractivity contribution in [3.8, 4) is 5.88 Å². The largest absolute Gasteiger partial charge is 0.530 e. The molecule has 1 aromatic heterocycles. The summed E-state index contributed by atoms with van der Waals surface area (Å²) in [5.41, 5.74) is -0.293. The fourth-order valence-corrected chi connectivity index (χ4v) is 3.09. The van der Waals surface area contributed by atoms with Crippen molar-refractivity contribution in [2.75, 3.05) is 13.2 Å². The number of esters is 1. The number of rotatable bonds is 7. The zero-order chi connectivity index (χ0) is 22.6. The number of hydrogen-bond acceptors (Lipinski definition) is 6. The Hall–Kier alpha value is -2.03. The lowest BCUT2D eigenvalue weighted by Crippen LogP contribution is -2.44. The topological polar surface area (TPSA) is 91.7 Å². The van der Waals surface area contributed by atoms with Crippen LogP contribution in [0.3, 0.4) is 0 Å². The van der Waals surface area contributed by atoms with E-state index < -0.39 is 26.0 Å². The van der Waals surface area contributed by atoms with Gasteiger partial charge in [0.15, 0.2) is 5.69 Å². The first-order valence-corrected chi connectivity index (χ1v) is 12.9. The second kappa shape index (κ2) is 9.19. The third-order valence-corrected chi connectivity index (χ3v) is 9.05. The molecular weight excluding hydrogens is 390 g/mol. The molecule has 0 bridgehead atoms. The Morgan fingerprint density at radius 1 is 1.21 bits per heavy atom. The number of nitrogens with one attached hydrogen (secondary N) is 1. The maximum absolute atomic E-state index is 12.4. The van der Waals surface area contributed by atoms with Crippen LogP contribution in [0.5, 0.6) is 5.88 Å². The molecule has 0 aliphatic rings. The van der Waals surface area contributed by atoms with Crippen LogP contribution < -0.4 is 9.74 Å². The Kier molecular flexibility index (Phi) is 7.92. The van der Waals surface area contributed by atoms with E-state index in [1.807, 2.05) is 6.92 Å². The van der Waals surface area contributed by atoms with Gasteiger partial charge in [0.25, 0.3) is 8.32 Å². The van der Waals surface area contributed by atoms with Gasteiger partial charge in [0.1, 0.15) is 5.60 Å². The van der Waals surface area contributed by atoms with Gasteiger partial charge in [-0.2, -0.15) is 0 Å². The highest BCUT2D eigenvalue weighted by Gasteiger charge is 2.40. The molecule has 1 aromatic rings. The second-order valence-electron chi connectivity index (χ2n) is 9.63. The first kappa shape index (κ1) is 25.0. The lowest BCUT2D eigenvalue weighted by molar-refractivity contribution is 0.0508. The molecule has 29 heavy (non-hydrogen) atoms. The van der Waals surface area contributed by atoms with Crippen LogP contribution >= 0.6 is 0 Å². The van der Waals surface area contributed by atoms with Crippen LogP contribution in [0, 0.1) is 0 Å². The van der Waals surface area contributed by atoms with E-state index in [4.69, 9.17) is 13.9 Å². The molecule has 0 radical (unpaired) electrons. The minimum Gasteiger partial charge on any atom is -0.530 e. The van der Waals surface area contributed by atoms with Gasteiger partial charge in [-0.15, -0.1) is 5.10 Å². The molecule has 1 N–H and O–H groups in total. The second-order valence-corrected chi connectivity index (χ2v) is 14.4. The average molecular weight is 428 g/mol. The summed E-state index contributed by atoms with van der Waals surface area (Å²) in [6, 6.07) is 1.31. The Morgan fingerprint density at radius 3 is 2.28 bits per heavy atom. The van der Waals surface area contributed by atoms with Gasteiger partial charge in [-0.3, -0.25) is 0 Å². The van der Waals surface area contributed by atoms with E-state index in [0.29, 0.717) is 11.6 Å². The summed E-state index contributed by atoms with van der Waals surface area (Å²) in [4.78, 5) is 24.4. The summed E-state index contributed by atoms with van der Waals surface area (Å²) in [6.45, 7) is 20.1. The molecule has 1 rings (SSSR count). The molecule has 0 saturated carbocycles. The third kappa shape index (κ3) is 7.38. The number of nitrogens with zero attached hydrogens (tertiary/aromatic N) is 2. The van der Waals surface area contributed by atoms with Crippen molar-refractivity contribution in [3.05, 3.63) is 11.8 Å². The van der Waals surface area contributed by atoms with Crippen molar-refractivity contribution >= 4 is 20.4 Å². The van der Waals surface area contributed by atoms with Gasteiger partial charge in [-0.25, -0.2) is 14.3 Å². The molecule has 1 unspecified atom stereocenters. The predicted molar refractivity (Wildman–Crippen MR) is 115 cm³/mol. The molecule has 0 aliphatic heterocycles. The zero-order valence-electron chi connectivity index (χ0n) is 19.5. The molecule has 166 valence electrons. The molecule has 0 spiro atoms. The van der Waals surface area contributed by atoms with Crippen molar-refractivity contribution in [1.82, 2.24) is 15.1 Å². The maximum atomic E-state index is 12.4. The van der Waals surface area contributed by atoms with Crippen molar-refractivity contribution in [1.29, 1.82) is 0 Å². The van der Waals surface area contributed by atoms with Gasteiger partial charge in [-0.1, -0.05) is 20.8 Å². The fourth-order valence-electron chi connectivity index (χ4n) is 2.16. The molecular formula is C20H37N3O5Si. The van der Waals surface area contributed by atoms with E-state index in [2.05, 4.69) is 44.3 Å². The first-order valence-electron chi connectivity index (χ1n) is 10.00. The summed E-state index contributed by atoms with van der Waals surface area (Å²) in [5.74, 6) is -0.0852.